The molecule has 0 aromatic heterocycles. The fourth-order valence-corrected chi connectivity index (χ4v) is 1.82. The molecule has 0 saturated carbocycles. The normalized spacial score (nSPS) is 12.2. The molecule has 94 valence electrons. The van der Waals surface area contributed by atoms with Gasteiger partial charge in [0.2, 0.25) is 5.91 Å². The van der Waals surface area contributed by atoms with Crippen LogP contribution in [0.1, 0.15) is 25.8 Å². The van der Waals surface area contributed by atoms with Crippen LogP contribution in [0.5, 0.6) is 0 Å². The third-order valence-electron chi connectivity index (χ3n) is 2.71. The first-order valence-electron chi connectivity index (χ1n) is 5.87. The number of rotatable bonds is 5. The Morgan fingerprint density at radius 2 is 2.18 bits per heavy atom. The van der Waals surface area contributed by atoms with E-state index in [0.717, 1.165) is 5.56 Å². The van der Waals surface area contributed by atoms with Gasteiger partial charge in [-0.25, -0.2) is 0 Å². The van der Waals surface area contributed by atoms with Crippen LogP contribution in [-0.4, -0.2) is 23.4 Å². The molecule has 1 aromatic rings. The van der Waals surface area contributed by atoms with E-state index in [0.29, 0.717) is 24.5 Å². The summed E-state index contributed by atoms with van der Waals surface area (Å²) in [7, 11) is 0. The number of amides is 1. The van der Waals surface area contributed by atoms with Crippen LogP contribution in [0.2, 0.25) is 5.02 Å². The van der Waals surface area contributed by atoms with Gasteiger partial charge in [-0.1, -0.05) is 30.7 Å². The standard InChI is InChI=1S/C13H19ClN2O/c1-3-12(15)13(17)16(4-2)9-10-6-5-7-11(14)8-10/h5-8,12H,3-4,9,15H2,1-2H3/t12-/m1/s1. The monoisotopic (exact) mass is 254 g/mol. The van der Waals surface area contributed by atoms with Gasteiger partial charge in [-0.15, -0.1) is 0 Å². The molecule has 0 saturated heterocycles. The molecular weight excluding hydrogens is 236 g/mol. The molecule has 1 rings (SSSR count). The number of benzene rings is 1. The minimum absolute atomic E-state index is 0.00465. The zero-order valence-electron chi connectivity index (χ0n) is 10.3. The lowest BCUT2D eigenvalue weighted by atomic mass is 10.1. The van der Waals surface area contributed by atoms with Crippen LogP contribution >= 0.6 is 11.6 Å². The smallest absolute Gasteiger partial charge is 0.239 e. The Labute approximate surface area is 108 Å². The van der Waals surface area contributed by atoms with Crippen molar-refractivity contribution in [3.05, 3.63) is 34.9 Å². The number of nitrogens with zero attached hydrogens (tertiary/aromatic N) is 1. The highest BCUT2D eigenvalue weighted by molar-refractivity contribution is 6.30. The van der Waals surface area contributed by atoms with Gasteiger partial charge in [0.1, 0.15) is 0 Å². The first-order valence-corrected chi connectivity index (χ1v) is 6.25. The average molecular weight is 255 g/mol. The van der Waals surface area contributed by atoms with E-state index in [2.05, 4.69) is 0 Å². The summed E-state index contributed by atoms with van der Waals surface area (Å²) >= 11 is 5.91. The predicted molar refractivity (Wildman–Crippen MR) is 70.8 cm³/mol. The molecule has 1 aromatic carbocycles. The van der Waals surface area contributed by atoms with E-state index in [1.165, 1.54) is 0 Å². The second-order valence-electron chi connectivity index (χ2n) is 4.00. The van der Waals surface area contributed by atoms with Gasteiger partial charge >= 0.3 is 0 Å². The molecule has 3 nitrogen and oxygen atoms in total. The number of hydrogen-bond donors (Lipinski definition) is 1. The Hall–Kier alpha value is -1.06. The number of likely N-dealkylation sites (N-methyl/N-ethyl adjacent to an activating group) is 1. The highest BCUT2D eigenvalue weighted by Crippen LogP contribution is 2.13. The van der Waals surface area contributed by atoms with E-state index in [4.69, 9.17) is 17.3 Å². The van der Waals surface area contributed by atoms with Gasteiger partial charge in [0.25, 0.3) is 0 Å². The van der Waals surface area contributed by atoms with Gasteiger partial charge in [0.15, 0.2) is 0 Å². The van der Waals surface area contributed by atoms with Crippen LogP contribution in [0.25, 0.3) is 0 Å². The molecule has 2 N–H and O–H groups in total. The summed E-state index contributed by atoms with van der Waals surface area (Å²) in [6.45, 7) is 5.07. The Morgan fingerprint density at radius 1 is 1.47 bits per heavy atom. The highest BCUT2D eigenvalue weighted by Gasteiger charge is 2.18. The van der Waals surface area contributed by atoms with Crippen molar-refractivity contribution in [2.24, 2.45) is 5.73 Å². The lowest BCUT2D eigenvalue weighted by Gasteiger charge is -2.24. The van der Waals surface area contributed by atoms with Gasteiger partial charge in [-0.2, -0.15) is 0 Å². The fourth-order valence-electron chi connectivity index (χ4n) is 1.61. The van der Waals surface area contributed by atoms with Gasteiger partial charge < -0.3 is 10.6 Å². The Morgan fingerprint density at radius 3 is 2.71 bits per heavy atom. The molecule has 0 bridgehead atoms. The molecule has 0 radical (unpaired) electrons. The zero-order valence-corrected chi connectivity index (χ0v) is 11.1. The van der Waals surface area contributed by atoms with E-state index < -0.39 is 6.04 Å². The van der Waals surface area contributed by atoms with Crippen molar-refractivity contribution in [2.45, 2.75) is 32.9 Å². The topological polar surface area (TPSA) is 46.3 Å². The molecule has 0 fully saturated rings. The van der Waals surface area contributed by atoms with Gasteiger partial charge in [0.05, 0.1) is 6.04 Å². The van der Waals surface area contributed by atoms with Crippen LogP contribution in [0.3, 0.4) is 0 Å². The van der Waals surface area contributed by atoms with Gasteiger partial charge in [-0.05, 0) is 31.0 Å². The minimum Gasteiger partial charge on any atom is -0.337 e. The average Bonchev–Trinajstić information content (AvgIpc) is 2.34. The highest BCUT2D eigenvalue weighted by atomic mass is 35.5. The first kappa shape index (κ1) is 14.0. The van der Waals surface area contributed by atoms with E-state index >= 15 is 0 Å². The summed E-state index contributed by atoms with van der Waals surface area (Å²) in [5, 5.41) is 0.686. The maximum Gasteiger partial charge on any atom is 0.239 e. The molecule has 0 unspecified atom stereocenters. The van der Waals surface area contributed by atoms with Crippen molar-refractivity contribution < 1.29 is 4.79 Å². The summed E-state index contributed by atoms with van der Waals surface area (Å²) in [5.74, 6) is -0.00465. The number of hydrogen-bond acceptors (Lipinski definition) is 2. The maximum atomic E-state index is 12.0. The quantitative estimate of drug-likeness (QED) is 0.877. The second-order valence-corrected chi connectivity index (χ2v) is 4.43. The number of carbonyl (C=O) groups excluding carboxylic acids is 1. The largest absolute Gasteiger partial charge is 0.337 e. The summed E-state index contributed by atoms with van der Waals surface area (Å²) in [4.78, 5) is 13.7. The Kier molecular flexibility index (Phi) is 5.45. The van der Waals surface area contributed by atoms with Crippen molar-refractivity contribution in [3.63, 3.8) is 0 Å². The summed E-state index contributed by atoms with van der Waals surface area (Å²) in [6, 6.07) is 7.12. The maximum absolute atomic E-state index is 12.0. The molecule has 1 amide bonds. The van der Waals surface area contributed by atoms with Crippen molar-refractivity contribution >= 4 is 17.5 Å². The summed E-state index contributed by atoms with van der Waals surface area (Å²) in [6.07, 6.45) is 0.658. The lowest BCUT2D eigenvalue weighted by Crippen LogP contribution is -2.42. The molecule has 4 heteroatoms. The Bertz CT molecular complexity index is 381. The van der Waals surface area contributed by atoms with Crippen LogP contribution in [0.4, 0.5) is 0 Å². The van der Waals surface area contributed by atoms with Crippen LogP contribution in [0.15, 0.2) is 24.3 Å². The molecule has 0 heterocycles. The summed E-state index contributed by atoms with van der Waals surface area (Å²) < 4.78 is 0. The molecular formula is C13H19ClN2O. The van der Waals surface area contributed by atoms with Gasteiger partial charge in [0, 0.05) is 18.1 Å². The second kappa shape index (κ2) is 6.62. The third kappa shape index (κ3) is 4.02. The van der Waals surface area contributed by atoms with E-state index in [1.54, 1.807) is 4.90 Å². The van der Waals surface area contributed by atoms with E-state index in [1.807, 2.05) is 38.1 Å². The number of carbonyl (C=O) groups is 1. The van der Waals surface area contributed by atoms with Crippen molar-refractivity contribution in [2.75, 3.05) is 6.54 Å². The zero-order chi connectivity index (χ0) is 12.8. The molecule has 17 heavy (non-hydrogen) atoms. The number of nitrogens with two attached hydrogens (primary N) is 1. The van der Waals surface area contributed by atoms with E-state index in [-0.39, 0.29) is 5.91 Å². The Balaban J connectivity index is 2.73. The molecule has 0 aliphatic rings. The van der Waals surface area contributed by atoms with Crippen molar-refractivity contribution in [1.82, 2.24) is 4.90 Å². The fraction of sp³-hybridized carbons (Fsp3) is 0.462. The van der Waals surface area contributed by atoms with Crippen molar-refractivity contribution in [3.8, 4) is 0 Å². The van der Waals surface area contributed by atoms with Crippen molar-refractivity contribution in [1.29, 1.82) is 0 Å². The lowest BCUT2D eigenvalue weighted by molar-refractivity contribution is -0.133. The number of halogens is 1. The molecule has 0 spiro atoms. The molecule has 0 aliphatic carbocycles. The predicted octanol–water partition coefficient (Wildman–Crippen LogP) is 2.43. The van der Waals surface area contributed by atoms with Crippen LogP contribution in [0, 0.1) is 0 Å². The van der Waals surface area contributed by atoms with Crippen LogP contribution < -0.4 is 5.73 Å². The third-order valence-corrected chi connectivity index (χ3v) is 2.95. The van der Waals surface area contributed by atoms with E-state index in [9.17, 15) is 4.79 Å². The summed E-state index contributed by atoms with van der Waals surface area (Å²) in [5.41, 5.74) is 6.78. The SMILES string of the molecule is CC[C@@H](N)C(=O)N(CC)Cc1cccc(Cl)c1. The molecule has 0 aliphatic heterocycles. The molecule has 1 atom stereocenters. The minimum atomic E-state index is -0.408. The first-order chi connectivity index (χ1) is 8.08. The van der Waals surface area contributed by atoms with Crippen LogP contribution in [-0.2, 0) is 11.3 Å². The van der Waals surface area contributed by atoms with Gasteiger partial charge in [-0.3, -0.25) is 4.79 Å².